The lowest BCUT2D eigenvalue weighted by Crippen LogP contribution is -2.56. The largest absolute Gasteiger partial charge is 0.497 e. The summed E-state index contributed by atoms with van der Waals surface area (Å²) in [6.45, 7) is 4.74. The molecule has 1 atom stereocenters. The van der Waals surface area contributed by atoms with Gasteiger partial charge in [-0.25, -0.2) is 4.79 Å². The Morgan fingerprint density at radius 1 is 1.03 bits per heavy atom. The first-order valence-electron chi connectivity index (χ1n) is 11.6. The highest BCUT2D eigenvalue weighted by Crippen LogP contribution is 2.29. The van der Waals surface area contributed by atoms with Crippen LogP contribution in [0.3, 0.4) is 0 Å². The van der Waals surface area contributed by atoms with E-state index in [1.54, 1.807) is 7.11 Å². The van der Waals surface area contributed by atoms with Crippen molar-refractivity contribution in [3.8, 4) is 5.75 Å². The van der Waals surface area contributed by atoms with Gasteiger partial charge in [0.15, 0.2) is 0 Å². The first-order valence-corrected chi connectivity index (χ1v) is 12.4. The van der Waals surface area contributed by atoms with Crippen LogP contribution >= 0.6 is 15.9 Å². The highest BCUT2D eigenvalue weighted by Gasteiger charge is 2.32. The van der Waals surface area contributed by atoms with E-state index in [0.29, 0.717) is 18.5 Å². The van der Waals surface area contributed by atoms with E-state index in [1.165, 1.54) is 28.4 Å². The van der Waals surface area contributed by atoms with Crippen molar-refractivity contribution >= 4 is 22.0 Å². The fourth-order valence-electron chi connectivity index (χ4n) is 4.95. The maximum atomic E-state index is 12.9. The Labute approximate surface area is 200 Å². The third-order valence-electron chi connectivity index (χ3n) is 7.01. The van der Waals surface area contributed by atoms with E-state index in [4.69, 9.17) is 4.74 Å². The lowest BCUT2D eigenvalue weighted by atomic mass is 9.90. The molecule has 0 saturated carbocycles. The van der Waals surface area contributed by atoms with Crippen molar-refractivity contribution in [2.45, 2.75) is 38.3 Å². The summed E-state index contributed by atoms with van der Waals surface area (Å²) in [7, 11) is 3.69. The molecule has 2 aromatic carbocycles. The summed E-state index contributed by atoms with van der Waals surface area (Å²) in [6.07, 6.45) is 4.52. The number of carbonyl (C=O) groups excluding carboxylic acids is 1. The van der Waals surface area contributed by atoms with Crippen LogP contribution in [0.2, 0.25) is 0 Å². The first kappa shape index (κ1) is 23.1. The van der Waals surface area contributed by atoms with Gasteiger partial charge in [0.2, 0.25) is 0 Å². The number of amides is 2. The van der Waals surface area contributed by atoms with Crippen LogP contribution in [0, 0.1) is 5.92 Å². The predicted molar refractivity (Wildman–Crippen MR) is 132 cm³/mol. The van der Waals surface area contributed by atoms with Gasteiger partial charge in [0.25, 0.3) is 0 Å². The fraction of sp³-hybridized carbons (Fsp3) is 0.500. The number of rotatable bonds is 7. The summed E-state index contributed by atoms with van der Waals surface area (Å²) in [5, 5.41) is 0. The molecule has 2 saturated heterocycles. The van der Waals surface area contributed by atoms with Gasteiger partial charge in [-0.1, -0.05) is 46.3 Å². The quantitative estimate of drug-likeness (QED) is 0.535. The SMILES string of the molecule is COc1ccc(Br)c(CC2CCN(CC3CCN(Cc4ccccc4)C(=O)N3C)CC2)c1. The monoisotopic (exact) mass is 499 g/mol. The molecule has 2 heterocycles. The number of likely N-dealkylation sites (tertiary alicyclic amines) is 1. The topological polar surface area (TPSA) is 36.0 Å². The summed E-state index contributed by atoms with van der Waals surface area (Å²) < 4.78 is 6.56. The fourth-order valence-corrected chi connectivity index (χ4v) is 5.36. The van der Waals surface area contributed by atoms with Crippen molar-refractivity contribution in [1.82, 2.24) is 14.7 Å². The Morgan fingerprint density at radius 3 is 2.50 bits per heavy atom. The van der Waals surface area contributed by atoms with Crippen LogP contribution < -0.4 is 4.74 Å². The number of hydrogen-bond acceptors (Lipinski definition) is 3. The van der Waals surface area contributed by atoms with Gasteiger partial charge in [0.1, 0.15) is 5.75 Å². The maximum Gasteiger partial charge on any atom is 0.320 e. The zero-order valence-corrected chi connectivity index (χ0v) is 20.8. The van der Waals surface area contributed by atoms with Crippen molar-refractivity contribution in [3.05, 3.63) is 64.1 Å². The smallest absolute Gasteiger partial charge is 0.320 e. The van der Waals surface area contributed by atoms with Crippen LogP contribution in [0.15, 0.2) is 53.0 Å². The molecule has 2 aliphatic heterocycles. The number of hydrogen-bond donors (Lipinski definition) is 0. The normalized spacial score (nSPS) is 20.6. The first-order chi connectivity index (χ1) is 15.5. The minimum atomic E-state index is 0.155. The summed E-state index contributed by atoms with van der Waals surface area (Å²) in [6, 6.07) is 17.0. The van der Waals surface area contributed by atoms with Crippen molar-refractivity contribution in [1.29, 1.82) is 0 Å². The van der Waals surface area contributed by atoms with Gasteiger partial charge in [-0.05, 0) is 74.0 Å². The molecule has 0 bridgehead atoms. The predicted octanol–water partition coefficient (Wildman–Crippen LogP) is 5.04. The highest BCUT2D eigenvalue weighted by molar-refractivity contribution is 9.10. The molecule has 172 valence electrons. The lowest BCUT2D eigenvalue weighted by Gasteiger charge is -2.42. The molecule has 0 aliphatic carbocycles. The third-order valence-corrected chi connectivity index (χ3v) is 7.78. The van der Waals surface area contributed by atoms with Crippen molar-refractivity contribution in [2.75, 3.05) is 40.3 Å². The van der Waals surface area contributed by atoms with Gasteiger partial charge in [-0.15, -0.1) is 0 Å². The van der Waals surface area contributed by atoms with Crippen LogP contribution in [-0.4, -0.2) is 67.1 Å². The third kappa shape index (κ3) is 5.65. The summed E-state index contributed by atoms with van der Waals surface area (Å²) in [5.41, 5.74) is 2.52. The molecule has 32 heavy (non-hydrogen) atoms. The van der Waals surface area contributed by atoms with Crippen molar-refractivity contribution < 1.29 is 9.53 Å². The van der Waals surface area contributed by atoms with Crippen LogP contribution in [0.25, 0.3) is 0 Å². The molecule has 4 rings (SSSR count). The van der Waals surface area contributed by atoms with Gasteiger partial charge in [0, 0.05) is 37.2 Å². The summed E-state index contributed by atoms with van der Waals surface area (Å²) in [4.78, 5) is 19.4. The number of ether oxygens (including phenoxy) is 1. The average Bonchev–Trinajstić information content (AvgIpc) is 2.82. The average molecular weight is 500 g/mol. The molecule has 0 radical (unpaired) electrons. The number of methoxy groups -OCH3 is 1. The van der Waals surface area contributed by atoms with E-state index in [1.807, 2.05) is 41.1 Å². The van der Waals surface area contributed by atoms with E-state index >= 15 is 0 Å². The van der Waals surface area contributed by atoms with Crippen LogP contribution in [0.5, 0.6) is 5.75 Å². The molecule has 5 nitrogen and oxygen atoms in total. The number of nitrogens with zero attached hydrogens (tertiary/aromatic N) is 3. The van der Waals surface area contributed by atoms with E-state index in [2.05, 4.69) is 45.1 Å². The zero-order chi connectivity index (χ0) is 22.5. The zero-order valence-electron chi connectivity index (χ0n) is 19.2. The summed E-state index contributed by atoms with van der Waals surface area (Å²) >= 11 is 3.69. The Kier molecular flexibility index (Phi) is 7.74. The van der Waals surface area contributed by atoms with E-state index in [0.717, 1.165) is 44.8 Å². The van der Waals surface area contributed by atoms with Gasteiger partial charge < -0.3 is 19.4 Å². The molecule has 0 N–H and O–H groups in total. The van der Waals surface area contributed by atoms with E-state index in [9.17, 15) is 4.79 Å². The summed E-state index contributed by atoms with van der Waals surface area (Å²) in [5.74, 6) is 1.62. The Balaban J connectivity index is 1.25. The van der Waals surface area contributed by atoms with Gasteiger partial charge in [0.05, 0.1) is 7.11 Å². The Morgan fingerprint density at radius 2 is 1.78 bits per heavy atom. The van der Waals surface area contributed by atoms with Crippen LogP contribution in [0.4, 0.5) is 4.79 Å². The van der Waals surface area contributed by atoms with E-state index < -0.39 is 0 Å². The second kappa shape index (κ2) is 10.7. The molecule has 2 aliphatic rings. The van der Waals surface area contributed by atoms with Gasteiger partial charge in [-0.3, -0.25) is 0 Å². The highest BCUT2D eigenvalue weighted by atomic mass is 79.9. The lowest BCUT2D eigenvalue weighted by molar-refractivity contribution is 0.0802. The van der Waals surface area contributed by atoms with Crippen molar-refractivity contribution in [2.24, 2.45) is 5.92 Å². The Bertz CT molecular complexity index is 899. The minimum absolute atomic E-state index is 0.155. The molecule has 0 aromatic heterocycles. The second-order valence-corrected chi connectivity index (χ2v) is 10.0. The maximum absolute atomic E-state index is 12.9. The number of piperidine rings is 1. The molecule has 1 unspecified atom stereocenters. The molecule has 0 spiro atoms. The minimum Gasteiger partial charge on any atom is -0.497 e. The number of likely N-dealkylation sites (N-methyl/N-ethyl adjacent to an activating group) is 1. The van der Waals surface area contributed by atoms with Crippen molar-refractivity contribution in [3.63, 3.8) is 0 Å². The van der Waals surface area contributed by atoms with E-state index in [-0.39, 0.29) is 6.03 Å². The molecule has 2 fully saturated rings. The molecular formula is C26H34BrN3O2. The Hall–Kier alpha value is -2.05. The number of halogens is 1. The van der Waals surface area contributed by atoms with Crippen LogP contribution in [0.1, 0.15) is 30.4 Å². The number of benzene rings is 2. The molecule has 6 heteroatoms. The second-order valence-electron chi connectivity index (χ2n) is 9.15. The van der Waals surface area contributed by atoms with Gasteiger partial charge >= 0.3 is 6.03 Å². The number of urea groups is 1. The molecular weight excluding hydrogens is 466 g/mol. The van der Waals surface area contributed by atoms with Crippen LogP contribution in [-0.2, 0) is 13.0 Å². The standard InChI is InChI=1S/C26H34BrN3O2/c1-28-23(12-15-30(26(28)31)18-21-6-4-3-5-7-21)19-29-13-10-20(11-14-29)16-22-17-24(32-2)8-9-25(22)27/h3-9,17,20,23H,10-16,18-19H2,1-2H3. The van der Waals surface area contributed by atoms with Gasteiger partial charge in [-0.2, -0.15) is 0 Å². The molecule has 2 aromatic rings. The number of carbonyl (C=O) groups is 1. The molecule has 2 amide bonds.